The Hall–Kier alpha value is -1.24. The minimum absolute atomic E-state index is 0.113. The van der Waals surface area contributed by atoms with Gasteiger partial charge in [-0.1, -0.05) is 0 Å². The largest absolute Gasteiger partial charge is 0.432 e. The fourth-order valence-electron chi connectivity index (χ4n) is 2.46. The van der Waals surface area contributed by atoms with Gasteiger partial charge in [0.2, 0.25) is 0 Å². The van der Waals surface area contributed by atoms with Gasteiger partial charge in [0.15, 0.2) is 0 Å². The zero-order chi connectivity index (χ0) is 14.2. The molecule has 1 aromatic rings. The lowest BCUT2D eigenvalue weighted by Crippen LogP contribution is -2.39. The number of hydrogen-bond acceptors (Lipinski definition) is 4. The third kappa shape index (κ3) is 3.26. The van der Waals surface area contributed by atoms with Crippen LogP contribution in [0.5, 0.6) is 0 Å². The number of hydrogen-bond donors (Lipinski definition) is 1. The van der Waals surface area contributed by atoms with Crippen LogP contribution in [0.25, 0.3) is 0 Å². The average Bonchev–Trinajstić information content (AvgIpc) is 3.13. The van der Waals surface area contributed by atoms with E-state index < -0.39 is 12.1 Å². The SMILES string of the molecule is FC(F)(F)C1CCN(c2nc(CNC3CC3)co2)CC1. The van der Waals surface area contributed by atoms with Crippen molar-refractivity contribution in [2.45, 2.75) is 44.4 Å². The van der Waals surface area contributed by atoms with Crippen molar-refractivity contribution in [2.75, 3.05) is 18.0 Å². The number of nitrogens with one attached hydrogen (secondary N) is 1. The van der Waals surface area contributed by atoms with Crippen LogP contribution in [0.3, 0.4) is 0 Å². The van der Waals surface area contributed by atoms with E-state index in [0.717, 1.165) is 5.69 Å². The molecule has 1 aliphatic carbocycles. The molecule has 0 atom stereocenters. The molecule has 4 nitrogen and oxygen atoms in total. The first-order valence-corrected chi connectivity index (χ1v) is 7.02. The van der Waals surface area contributed by atoms with E-state index in [4.69, 9.17) is 4.42 Å². The zero-order valence-corrected chi connectivity index (χ0v) is 11.1. The summed E-state index contributed by atoms with van der Waals surface area (Å²) in [6.07, 6.45) is 0.136. The van der Waals surface area contributed by atoms with E-state index in [1.807, 2.05) is 0 Å². The highest BCUT2D eigenvalue weighted by molar-refractivity contribution is 5.27. The van der Waals surface area contributed by atoms with Crippen molar-refractivity contribution in [3.05, 3.63) is 12.0 Å². The van der Waals surface area contributed by atoms with Crippen LogP contribution in [0.4, 0.5) is 19.2 Å². The maximum atomic E-state index is 12.6. The molecule has 0 spiro atoms. The van der Waals surface area contributed by atoms with Gasteiger partial charge < -0.3 is 14.6 Å². The highest BCUT2D eigenvalue weighted by atomic mass is 19.4. The Labute approximate surface area is 115 Å². The third-order valence-electron chi connectivity index (χ3n) is 3.92. The summed E-state index contributed by atoms with van der Waals surface area (Å²) < 4.78 is 43.1. The van der Waals surface area contributed by atoms with E-state index in [0.29, 0.717) is 31.7 Å². The number of anilines is 1. The average molecular weight is 289 g/mol. The number of alkyl halides is 3. The lowest BCUT2D eigenvalue weighted by atomic mass is 9.97. The lowest BCUT2D eigenvalue weighted by molar-refractivity contribution is -0.179. The molecule has 3 rings (SSSR count). The summed E-state index contributed by atoms with van der Waals surface area (Å²) in [6.45, 7) is 1.35. The number of piperidine rings is 1. The van der Waals surface area contributed by atoms with Gasteiger partial charge in [0.1, 0.15) is 6.26 Å². The van der Waals surface area contributed by atoms with Crippen molar-refractivity contribution in [2.24, 2.45) is 5.92 Å². The predicted molar refractivity (Wildman–Crippen MR) is 67.4 cm³/mol. The smallest absolute Gasteiger partial charge is 0.391 e. The number of oxazole rings is 1. The van der Waals surface area contributed by atoms with Gasteiger partial charge in [-0.15, -0.1) is 0 Å². The first-order valence-electron chi connectivity index (χ1n) is 7.02. The number of nitrogens with zero attached hydrogens (tertiary/aromatic N) is 2. The second-order valence-electron chi connectivity index (χ2n) is 5.58. The highest BCUT2D eigenvalue weighted by Crippen LogP contribution is 2.35. The monoisotopic (exact) mass is 289 g/mol. The summed E-state index contributed by atoms with van der Waals surface area (Å²) in [5, 5.41) is 3.33. The Morgan fingerprint density at radius 3 is 2.55 bits per heavy atom. The van der Waals surface area contributed by atoms with Crippen molar-refractivity contribution < 1.29 is 17.6 Å². The van der Waals surface area contributed by atoms with Crippen LogP contribution < -0.4 is 10.2 Å². The molecule has 1 N–H and O–H groups in total. The molecule has 0 aromatic carbocycles. The van der Waals surface area contributed by atoms with Crippen LogP contribution in [0.2, 0.25) is 0 Å². The van der Waals surface area contributed by atoms with Crippen LogP contribution in [-0.2, 0) is 6.54 Å². The molecular weight excluding hydrogens is 271 g/mol. The molecule has 2 aliphatic rings. The standard InChI is InChI=1S/C13H18F3N3O/c14-13(15,16)9-3-5-19(6-4-9)12-18-11(8-20-12)7-17-10-1-2-10/h8-10,17H,1-7H2. The van der Waals surface area contributed by atoms with Gasteiger partial charge in [-0.3, -0.25) is 0 Å². The molecule has 1 saturated carbocycles. The van der Waals surface area contributed by atoms with Gasteiger partial charge >= 0.3 is 6.18 Å². The van der Waals surface area contributed by atoms with Gasteiger partial charge in [-0.25, -0.2) is 0 Å². The second-order valence-corrected chi connectivity index (χ2v) is 5.58. The molecular formula is C13H18F3N3O. The second kappa shape index (κ2) is 5.27. The van der Waals surface area contributed by atoms with E-state index in [1.165, 1.54) is 12.8 Å². The predicted octanol–water partition coefficient (Wildman–Crippen LogP) is 2.71. The Balaban J connectivity index is 1.52. The lowest BCUT2D eigenvalue weighted by Gasteiger charge is -2.31. The molecule has 0 radical (unpaired) electrons. The van der Waals surface area contributed by atoms with Crippen LogP contribution in [-0.4, -0.2) is 30.3 Å². The van der Waals surface area contributed by atoms with E-state index in [2.05, 4.69) is 10.3 Å². The molecule has 1 aliphatic heterocycles. The molecule has 7 heteroatoms. The molecule has 1 aromatic heterocycles. The van der Waals surface area contributed by atoms with Gasteiger partial charge in [0.05, 0.1) is 11.6 Å². The first-order chi connectivity index (χ1) is 9.52. The quantitative estimate of drug-likeness (QED) is 0.925. The molecule has 20 heavy (non-hydrogen) atoms. The van der Waals surface area contributed by atoms with Gasteiger partial charge in [0, 0.05) is 25.7 Å². The zero-order valence-electron chi connectivity index (χ0n) is 11.1. The van der Waals surface area contributed by atoms with Crippen molar-refractivity contribution in [1.29, 1.82) is 0 Å². The molecule has 0 unspecified atom stereocenters. The van der Waals surface area contributed by atoms with Gasteiger partial charge in [0.25, 0.3) is 6.01 Å². The Morgan fingerprint density at radius 1 is 1.25 bits per heavy atom. The summed E-state index contributed by atoms with van der Waals surface area (Å²) in [5.74, 6) is -1.19. The summed E-state index contributed by atoms with van der Waals surface area (Å²) >= 11 is 0. The van der Waals surface area contributed by atoms with E-state index in [1.54, 1.807) is 11.2 Å². The van der Waals surface area contributed by atoms with Gasteiger partial charge in [-0.2, -0.15) is 18.2 Å². The maximum Gasteiger partial charge on any atom is 0.391 e. The fraction of sp³-hybridized carbons (Fsp3) is 0.769. The number of rotatable bonds is 4. The van der Waals surface area contributed by atoms with Crippen LogP contribution in [0, 0.1) is 5.92 Å². The van der Waals surface area contributed by atoms with Crippen molar-refractivity contribution in [1.82, 2.24) is 10.3 Å². The molecule has 0 amide bonds. The summed E-state index contributed by atoms with van der Waals surface area (Å²) in [4.78, 5) is 6.13. The first kappa shape index (κ1) is 13.7. The molecule has 1 saturated heterocycles. The van der Waals surface area contributed by atoms with Gasteiger partial charge in [-0.05, 0) is 25.7 Å². The van der Waals surface area contributed by atoms with E-state index >= 15 is 0 Å². The van der Waals surface area contributed by atoms with Crippen LogP contribution >= 0.6 is 0 Å². The highest BCUT2D eigenvalue weighted by Gasteiger charge is 2.41. The van der Waals surface area contributed by atoms with Crippen molar-refractivity contribution in [3.8, 4) is 0 Å². The Kier molecular flexibility index (Phi) is 3.62. The Bertz CT molecular complexity index is 448. The Morgan fingerprint density at radius 2 is 1.95 bits per heavy atom. The molecule has 2 fully saturated rings. The fourth-order valence-corrected chi connectivity index (χ4v) is 2.46. The summed E-state index contributed by atoms with van der Waals surface area (Å²) in [5.41, 5.74) is 0.810. The van der Waals surface area contributed by atoms with E-state index in [9.17, 15) is 13.2 Å². The van der Waals surface area contributed by atoms with Crippen molar-refractivity contribution in [3.63, 3.8) is 0 Å². The maximum absolute atomic E-state index is 12.6. The minimum Gasteiger partial charge on any atom is -0.432 e. The van der Waals surface area contributed by atoms with Crippen LogP contribution in [0.1, 0.15) is 31.4 Å². The number of aromatic nitrogens is 1. The van der Waals surface area contributed by atoms with E-state index in [-0.39, 0.29) is 12.8 Å². The summed E-state index contributed by atoms with van der Waals surface area (Å²) in [7, 11) is 0. The molecule has 2 heterocycles. The van der Waals surface area contributed by atoms with Crippen molar-refractivity contribution >= 4 is 6.01 Å². The van der Waals surface area contributed by atoms with Crippen LogP contribution in [0.15, 0.2) is 10.7 Å². The number of halogens is 3. The normalized spacial score (nSPS) is 21.4. The summed E-state index contributed by atoms with van der Waals surface area (Å²) in [6, 6.07) is 1.04. The molecule has 112 valence electrons. The topological polar surface area (TPSA) is 41.3 Å². The minimum atomic E-state index is -4.08. The third-order valence-corrected chi connectivity index (χ3v) is 3.92. The molecule has 0 bridgehead atoms.